The number of rotatable bonds is 6. The van der Waals surface area contributed by atoms with Gasteiger partial charge in [0.15, 0.2) is 5.16 Å². The summed E-state index contributed by atoms with van der Waals surface area (Å²) in [6.45, 7) is 0. The Labute approximate surface area is 148 Å². The van der Waals surface area contributed by atoms with Crippen molar-refractivity contribution in [2.75, 3.05) is 11.1 Å². The van der Waals surface area contributed by atoms with E-state index in [1.165, 1.54) is 12.3 Å². The SMILES string of the molecule is O=C(CSc1nccc(=O)[nH]1)Nc1cccc(Oc2ccccc2)c1. The highest BCUT2D eigenvalue weighted by Crippen LogP contribution is 2.24. The van der Waals surface area contributed by atoms with Gasteiger partial charge in [0, 0.05) is 24.0 Å². The zero-order valence-electron chi connectivity index (χ0n) is 13.1. The Morgan fingerprint density at radius 1 is 1.08 bits per heavy atom. The van der Waals surface area contributed by atoms with E-state index in [2.05, 4.69) is 15.3 Å². The third-order valence-corrected chi connectivity index (χ3v) is 3.97. The van der Waals surface area contributed by atoms with Crippen LogP contribution in [0.5, 0.6) is 11.5 Å². The number of hydrogen-bond donors (Lipinski definition) is 2. The lowest BCUT2D eigenvalue weighted by Gasteiger charge is -2.08. The van der Waals surface area contributed by atoms with Crippen LogP contribution in [-0.4, -0.2) is 21.6 Å². The van der Waals surface area contributed by atoms with Crippen LogP contribution in [0.4, 0.5) is 5.69 Å². The summed E-state index contributed by atoms with van der Waals surface area (Å²) in [5, 5.41) is 3.20. The number of thioether (sulfide) groups is 1. The number of para-hydroxylation sites is 1. The lowest BCUT2D eigenvalue weighted by molar-refractivity contribution is -0.113. The molecule has 0 saturated heterocycles. The standard InChI is InChI=1S/C18H15N3O3S/c22-16-9-10-19-18(21-16)25-12-17(23)20-13-5-4-8-15(11-13)24-14-6-2-1-3-7-14/h1-11H,12H2,(H,20,23)(H,19,21,22). The minimum atomic E-state index is -0.247. The summed E-state index contributed by atoms with van der Waals surface area (Å²) in [5.74, 6) is 1.29. The van der Waals surface area contributed by atoms with E-state index in [1.54, 1.807) is 18.2 Å². The molecular weight excluding hydrogens is 338 g/mol. The molecule has 0 radical (unpaired) electrons. The highest BCUT2D eigenvalue weighted by atomic mass is 32.2. The smallest absolute Gasteiger partial charge is 0.251 e. The van der Waals surface area contributed by atoms with Crippen molar-refractivity contribution in [2.24, 2.45) is 0 Å². The van der Waals surface area contributed by atoms with Crippen LogP contribution in [-0.2, 0) is 4.79 Å². The number of hydrogen-bond acceptors (Lipinski definition) is 5. The number of amides is 1. The first kappa shape index (κ1) is 16.8. The van der Waals surface area contributed by atoms with Crippen molar-refractivity contribution >= 4 is 23.4 Å². The van der Waals surface area contributed by atoms with Gasteiger partial charge in [-0.1, -0.05) is 36.0 Å². The number of H-pyrrole nitrogens is 1. The highest BCUT2D eigenvalue weighted by molar-refractivity contribution is 7.99. The maximum absolute atomic E-state index is 12.0. The molecule has 0 bridgehead atoms. The third-order valence-electron chi connectivity index (χ3n) is 3.08. The summed E-state index contributed by atoms with van der Waals surface area (Å²) in [7, 11) is 0. The summed E-state index contributed by atoms with van der Waals surface area (Å²) in [5.41, 5.74) is 0.386. The molecule has 0 fully saturated rings. The Balaban J connectivity index is 1.58. The van der Waals surface area contributed by atoms with Crippen molar-refractivity contribution in [2.45, 2.75) is 5.16 Å². The van der Waals surface area contributed by atoms with Gasteiger partial charge in [-0.05, 0) is 24.3 Å². The Morgan fingerprint density at radius 2 is 1.88 bits per heavy atom. The van der Waals surface area contributed by atoms with Crippen LogP contribution in [0.15, 0.2) is 76.8 Å². The van der Waals surface area contributed by atoms with Gasteiger partial charge in [-0.3, -0.25) is 9.59 Å². The molecule has 0 spiro atoms. The monoisotopic (exact) mass is 353 g/mol. The second kappa shape index (κ2) is 8.16. The summed E-state index contributed by atoms with van der Waals surface area (Å²) in [6.07, 6.45) is 1.41. The molecule has 3 aromatic rings. The van der Waals surface area contributed by atoms with Gasteiger partial charge >= 0.3 is 0 Å². The fraction of sp³-hybridized carbons (Fsp3) is 0.0556. The molecule has 2 N–H and O–H groups in total. The number of nitrogens with zero attached hydrogens (tertiary/aromatic N) is 1. The van der Waals surface area contributed by atoms with Crippen LogP contribution in [0.3, 0.4) is 0 Å². The van der Waals surface area contributed by atoms with Crippen LogP contribution in [0, 0.1) is 0 Å². The summed E-state index contributed by atoms with van der Waals surface area (Å²) in [6, 6.07) is 17.9. The van der Waals surface area contributed by atoms with Gasteiger partial charge in [0.05, 0.1) is 5.75 Å². The molecule has 126 valence electrons. The van der Waals surface area contributed by atoms with E-state index in [9.17, 15) is 9.59 Å². The van der Waals surface area contributed by atoms with Crippen LogP contribution in [0.1, 0.15) is 0 Å². The van der Waals surface area contributed by atoms with Crippen molar-refractivity contribution in [3.8, 4) is 11.5 Å². The van der Waals surface area contributed by atoms with Crippen LogP contribution < -0.4 is 15.6 Å². The minimum absolute atomic E-state index is 0.136. The largest absolute Gasteiger partial charge is 0.457 e. The molecule has 0 unspecified atom stereocenters. The van der Waals surface area contributed by atoms with Crippen LogP contribution in [0.25, 0.3) is 0 Å². The predicted molar refractivity (Wildman–Crippen MR) is 97.2 cm³/mol. The minimum Gasteiger partial charge on any atom is -0.457 e. The number of ether oxygens (including phenoxy) is 1. The zero-order valence-corrected chi connectivity index (χ0v) is 14.0. The highest BCUT2D eigenvalue weighted by Gasteiger charge is 2.06. The predicted octanol–water partition coefficient (Wildman–Crippen LogP) is 3.29. The average molecular weight is 353 g/mol. The molecule has 0 aliphatic heterocycles. The van der Waals surface area contributed by atoms with Crippen molar-refractivity contribution < 1.29 is 9.53 Å². The average Bonchev–Trinajstić information content (AvgIpc) is 2.61. The van der Waals surface area contributed by atoms with Crippen molar-refractivity contribution in [1.82, 2.24) is 9.97 Å². The Hall–Kier alpha value is -3.06. The van der Waals surface area contributed by atoms with Gasteiger partial charge in [-0.15, -0.1) is 0 Å². The van der Waals surface area contributed by atoms with Crippen LogP contribution >= 0.6 is 11.8 Å². The van der Waals surface area contributed by atoms with Crippen molar-refractivity contribution in [1.29, 1.82) is 0 Å². The van der Waals surface area contributed by atoms with E-state index < -0.39 is 0 Å². The van der Waals surface area contributed by atoms with Crippen molar-refractivity contribution in [3.63, 3.8) is 0 Å². The van der Waals surface area contributed by atoms with E-state index in [1.807, 2.05) is 36.4 Å². The summed E-state index contributed by atoms with van der Waals surface area (Å²) < 4.78 is 5.74. The van der Waals surface area contributed by atoms with E-state index >= 15 is 0 Å². The maximum atomic E-state index is 12.0. The molecule has 3 rings (SSSR count). The molecule has 0 atom stereocenters. The van der Waals surface area contributed by atoms with E-state index in [4.69, 9.17) is 4.74 Å². The molecule has 25 heavy (non-hydrogen) atoms. The van der Waals surface area contributed by atoms with Gasteiger partial charge in [-0.25, -0.2) is 4.98 Å². The number of aromatic amines is 1. The fourth-order valence-corrected chi connectivity index (χ4v) is 2.67. The number of nitrogens with one attached hydrogen (secondary N) is 2. The molecule has 1 aromatic heterocycles. The van der Waals surface area contributed by atoms with Gasteiger partial charge < -0.3 is 15.0 Å². The Morgan fingerprint density at radius 3 is 2.68 bits per heavy atom. The number of aromatic nitrogens is 2. The normalized spacial score (nSPS) is 10.2. The number of carbonyl (C=O) groups is 1. The Kier molecular flexibility index (Phi) is 5.48. The molecule has 0 aliphatic carbocycles. The molecule has 6 nitrogen and oxygen atoms in total. The van der Waals surface area contributed by atoms with E-state index in [0.29, 0.717) is 16.6 Å². The van der Waals surface area contributed by atoms with Gasteiger partial charge in [0.1, 0.15) is 11.5 Å². The fourth-order valence-electron chi connectivity index (χ4n) is 2.02. The van der Waals surface area contributed by atoms with E-state index in [-0.39, 0.29) is 17.2 Å². The molecule has 7 heteroatoms. The molecule has 0 aliphatic rings. The summed E-state index contributed by atoms with van der Waals surface area (Å²) >= 11 is 1.16. The number of benzene rings is 2. The molecule has 0 saturated carbocycles. The number of anilines is 1. The molecular formula is C18H15N3O3S. The molecule has 1 heterocycles. The van der Waals surface area contributed by atoms with E-state index in [0.717, 1.165) is 17.5 Å². The topological polar surface area (TPSA) is 84.1 Å². The van der Waals surface area contributed by atoms with Gasteiger partial charge in [-0.2, -0.15) is 0 Å². The summed E-state index contributed by atoms with van der Waals surface area (Å²) in [4.78, 5) is 29.8. The van der Waals surface area contributed by atoms with Crippen LogP contribution in [0.2, 0.25) is 0 Å². The lowest BCUT2D eigenvalue weighted by Crippen LogP contribution is -2.15. The second-order valence-corrected chi connectivity index (χ2v) is 5.98. The zero-order chi connectivity index (χ0) is 17.5. The first-order chi connectivity index (χ1) is 12.2. The quantitative estimate of drug-likeness (QED) is 0.525. The molecule has 2 aromatic carbocycles. The maximum Gasteiger partial charge on any atom is 0.251 e. The first-order valence-electron chi connectivity index (χ1n) is 7.50. The Bertz CT molecular complexity index is 912. The lowest BCUT2D eigenvalue weighted by atomic mass is 10.3. The van der Waals surface area contributed by atoms with Crippen molar-refractivity contribution in [3.05, 3.63) is 77.2 Å². The third kappa shape index (κ3) is 5.22. The van der Waals surface area contributed by atoms with Gasteiger partial charge in [0.25, 0.3) is 5.56 Å². The molecule has 1 amide bonds. The van der Waals surface area contributed by atoms with Gasteiger partial charge in [0.2, 0.25) is 5.91 Å². The first-order valence-corrected chi connectivity index (χ1v) is 8.48. The second-order valence-electron chi connectivity index (χ2n) is 5.02. The number of carbonyl (C=O) groups excluding carboxylic acids is 1.